The van der Waals surface area contributed by atoms with E-state index >= 15 is 0 Å². The standard InChI is InChI=1S/C21H24N4O3/c1-15(16-5-8-18(9-6-16)25-14-22-13-23-25)24(2)21(26)11-17-7-10-19(27-3)12-20(17)28-4/h5-10,12-15H,11H2,1-4H3/t15-/m0/s1. The Bertz CT molecular complexity index is 923. The van der Waals surface area contributed by atoms with Gasteiger partial charge in [0, 0.05) is 18.7 Å². The van der Waals surface area contributed by atoms with Crippen molar-refractivity contribution < 1.29 is 14.3 Å². The number of amides is 1. The van der Waals surface area contributed by atoms with Gasteiger partial charge < -0.3 is 14.4 Å². The average molecular weight is 380 g/mol. The summed E-state index contributed by atoms with van der Waals surface area (Å²) in [6.07, 6.45) is 3.40. The highest BCUT2D eigenvalue weighted by Gasteiger charge is 2.19. The van der Waals surface area contributed by atoms with Gasteiger partial charge in [-0.15, -0.1) is 0 Å². The van der Waals surface area contributed by atoms with Crippen LogP contribution in [0, 0.1) is 0 Å². The highest BCUT2D eigenvalue weighted by atomic mass is 16.5. The second-order valence-electron chi connectivity index (χ2n) is 6.47. The summed E-state index contributed by atoms with van der Waals surface area (Å²) < 4.78 is 12.3. The van der Waals surface area contributed by atoms with Gasteiger partial charge in [-0.1, -0.05) is 18.2 Å². The van der Waals surface area contributed by atoms with Crippen molar-refractivity contribution in [2.24, 2.45) is 0 Å². The molecule has 1 aromatic heterocycles. The third kappa shape index (κ3) is 4.14. The molecule has 0 saturated carbocycles. The summed E-state index contributed by atoms with van der Waals surface area (Å²) in [6.45, 7) is 2.01. The molecule has 0 aliphatic rings. The van der Waals surface area contributed by atoms with Crippen LogP contribution >= 0.6 is 0 Å². The van der Waals surface area contributed by atoms with Crippen molar-refractivity contribution in [2.45, 2.75) is 19.4 Å². The van der Waals surface area contributed by atoms with Crippen LogP contribution in [-0.4, -0.2) is 46.8 Å². The van der Waals surface area contributed by atoms with Crippen LogP contribution in [0.2, 0.25) is 0 Å². The van der Waals surface area contributed by atoms with Crippen LogP contribution in [0.1, 0.15) is 24.1 Å². The van der Waals surface area contributed by atoms with Crippen molar-refractivity contribution in [3.05, 3.63) is 66.2 Å². The van der Waals surface area contributed by atoms with E-state index in [4.69, 9.17) is 9.47 Å². The fourth-order valence-electron chi connectivity index (χ4n) is 2.97. The first kappa shape index (κ1) is 19.4. The lowest BCUT2D eigenvalue weighted by atomic mass is 10.0. The number of aromatic nitrogens is 3. The van der Waals surface area contributed by atoms with Crippen LogP contribution in [-0.2, 0) is 11.2 Å². The topological polar surface area (TPSA) is 69.5 Å². The van der Waals surface area contributed by atoms with E-state index in [9.17, 15) is 4.79 Å². The molecule has 2 aromatic carbocycles. The highest BCUT2D eigenvalue weighted by Crippen LogP contribution is 2.27. The van der Waals surface area contributed by atoms with Crippen molar-refractivity contribution in [3.8, 4) is 17.2 Å². The van der Waals surface area contributed by atoms with Crippen LogP contribution in [0.3, 0.4) is 0 Å². The molecule has 0 bridgehead atoms. The average Bonchev–Trinajstić information content (AvgIpc) is 3.28. The molecule has 1 heterocycles. The van der Waals surface area contributed by atoms with E-state index < -0.39 is 0 Å². The van der Waals surface area contributed by atoms with Gasteiger partial charge in [0.1, 0.15) is 24.2 Å². The van der Waals surface area contributed by atoms with E-state index in [2.05, 4.69) is 10.1 Å². The Balaban J connectivity index is 1.70. The minimum atomic E-state index is -0.0680. The first-order valence-electron chi connectivity index (χ1n) is 8.95. The minimum Gasteiger partial charge on any atom is -0.497 e. The fourth-order valence-corrected chi connectivity index (χ4v) is 2.97. The van der Waals surface area contributed by atoms with Gasteiger partial charge in [0.15, 0.2) is 0 Å². The zero-order valence-corrected chi connectivity index (χ0v) is 16.5. The van der Waals surface area contributed by atoms with Crippen molar-refractivity contribution in [1.82, 2.24) is 19.7 Å². The Morgan fingerprint density at radius 1 is 1.14 bits per heavy atom. The molecule has 28 heavy (non-hydrogen) atoms. The van der Waals surface area contributed by atoms with E-state index in [1.807, 2.05) is 50.4 Å². The van der Waals surface area contributed by atoms with E-state index in [0.717, 1.165) is 16.8 Å². The van der Waals surface area contributed by atoms with Gasteiger partial charge in [-0.2, -0.15) is 5.10 Å². The van der Waals surface area contributed by atoms with Gasteiger partial charge in [0.2, 0.25) is 5.91 Å². The van der Waals surface area contributed by atoms with Gasteiger partial charge in [-0.25, -0.2) is 9.67 Å². The lowest BCUT2D eigenvalue weighted by molar-refractivity contribution is -0.131. The van der Waals surface area contributed by atoms with Gasteiger partial charge >= 0.3 is 0 Å². The maximum atomic E-state index is 12.8. The third-order valence-corrected chi connectivity index (χ3v) is 4.87. The number of hydrogen-bond donors (Lipinski definition) is 0. The lowest BCUT2D eigenvalue weighted by Crippen LogP contribution is -2.31. The molecule has 7 heteroatoms. The first-order valence-corrected chi connectivity index (χ1v) is 8.95. The number of ether oxygens (including phenoxy) is 2. The molecule has 3 rings (SSSR count). The summed E-state index contributed by atoms with van der Waals surface area (Å²) in [6, 6.07) is 13.3. The molecular formula is C21H24N4O3. The maximum Gasteiger partial charge on any atom is 0.227 e. The molecule has 0 aliphatic carbocycles. The molecule has 1 atom stereocenters. The Hall–Kier alpha value is -3.35. The molecule has 0 saturated heterocycles. The molecule has 0 aliphatic heterocycles. The Kier molecular flexibility index (Phi) is 5.93. The SMILES string of the molecule is COc1ccc(CC(=O)N(C)[C@@H](C)c2ccc(-n3cncn3)cc2)c(OC)c1. The predicted molar refractivity (Wildman–Crippen MR) is 106 cm³/mol. The number of benzene rings is 2. The molecular weight excluding hydrogens is 356 g/mol. The van der Waals surface area contributed by atoms with Gasteiger partial charge in [-0.3, -0.25) is 4.79 Å². The molecule has 0 N–H and O–H groups in total. The van der Waals surface area contributed by atoms with Crippen LogP contribution < -0.4 is 9.47 Å². The number of carbonyl (C=O) groups is 1. The molecule has 0 unspecified atom stereocenters. The molecule has 3 aromatic rings. The highest BCUT2D eigenvalue weighted by molar-refractivity contribution is 5.79. The summed E-state index contributed by atoms with van der Waals surface area (Å²) >= 11 is 0. The molecule has 0 radical (unpaired) electrons. The Morgan fingerprint density at radius 2 is 1.89 bits per heavy atom. The molecule has 7 nitrogen and oxygen atoms in total. The van der Waals surface area contributed by atoms with Gasteiger partial charge in [-0.05, 0) is 30.7 Å². The van der Waals surface area contributed by atoms with Crippen molar-refractivity contribution in [2.75, 3.05) is 21.3 Å². The molecule has 146 valence electrons. The van der Waals surface area contributed by atoms with Crippen molar-refractivity contribution in [1.29, 1.82) is 0 Å². The van der Waals surface area contributed by atoms with E-state index in [0.29, 0.717) is 11.5 Å². The van der Waals surface area contributed by atoms with E-state index in [1.54, 1.807) is 36.2 Å². The Morgan fingerprint density at radius 3 is 2.50 bits per heavy atom. The second-order valence-corrected chi connectivity index (χ2v) is 6.47. The quantitative estimate of drug-likeness (QED) is 0.630. The number of rotatable bonds is 7. The number of carbonyl (C=O) groups excluding carboxylic acids is 1. The normalized spacial score (nSPS) is 11.7. The number of nitrogens with zero attached hydrogens (tertiary/aromatic N) is 4. The van der Waals surface area contributed by atoms with E-state index in [-0.39, 0.29) is 18.4 Å². The lowest BCUT2D eigenvalue weighted by Gasteiger charge is -2.26. The zero-order valence-electron chi connectivity index (χ0n) is 16.5. The number of hydrogen-bond acceptors (Lipinski definition) is 5. The smallest absolute Gasteiger partial charge is 0.227 e. The van der Waals surface area contributed by atoms with Crippen LogP contribution in [0.15, 0.2) is 55.1 Å². The monoisotopic (exact) mass is 380 g/mol. The Labute approximate surface area is 164 Å². The number of methoxy groups -OCH3 is 2. The van der Waals surface area contributed by atoms with Crippen LogP contribution in [0.4, 0.5) is 0 Å². The largest absolute Gasteiger partial charge is 0.497 e. The van der Waals surface area contributed by atoms with E-state index in [1.165, 1.54) is 6.33 Å². The number of likely N-dealkylation sites (N-methyl/N-ethyl adjacent to an activating group) is 1. The van der Waals surface area contributed by atoms with Gasteiger partial charge in [0.05, 0.1) is 32.4 Å². The van der Waals surface area contributed by atoms with Crippen molar-refractivity contribution >= 4 is 5.91 Å². The van der Waals surface area contributed by atoms with Crippen LogP contribution in [0.25, 0.3) is 5.69 Å². The molecule has 0 spiro atoms. The second kappa shape index (κ2) is 8.56. The van der Waals surface area contributed by atoms with Gasteiger partial charge in [0.25, 0.3) is 0 Å². The predicted octanol–water partition coefficient (Wildman–Crippen LogP) is 3.05. The first-order chi connectivity index (χ1) is 13.5. The molecule has 0 fully saturated rings. The van der Waals surface area contributed by atoms with Crippen molar-refractivity contribution in [3.63, 3.8) is 0 Å². The maximum absolute atomic E-state index is 12.8. The molecule has 1 amide bonds. The minimum absolute atomic E-state index is 0.0105. The summed E-state index contributed by atoms with van der Waals surface area (Å²) in [5.41, 5.74) is 2.79. The summed E-state index contributed by atoms with van der Waals surface area (Å²) in [4.78, 5) is 18.5. The zero-order chi connectivity index (χ0) is 20.1. The summed E-state index contributed by atoms with van der Waals surface area (Å²) in [5, 5.41) is 4.12. The summed E-state index contributed by atoms with van der Waals surface area (Å²) in [5.74, 6) is 1.35. The van der Waals surface area contributed by atoms with Crippen LogP contribution in [0.5, 0.6) is 11.5 Å². The fraction of sp³-hybridized carbons (Fsp3) is 0.286. The summed E-state index contributed by atoms with van der Waals surface area (Å²) in [7, 11) is 5.00. The third-order valence-electron chi connectivity index (χ3n) is 4.87.